The number of nitrogens with zero attached hydrogens (tertiary/aromatic N) is 1. The molecule has 3 heteroatoms. The monoisotopic (exact) mass is 294 g/mol. The second kappa shape index (κ2) is 7.58. The summed E-state index contributed by atoms with van der Waals surface area (Å²) < 4.78 is 0. The molecule has 0 bridgehead atoms. The average molecular weight is 295 g/mol. The molecule has 0 saturated carbocycles. The van der Waals surface area contributed by atoms with Crippen molar-refractivity contribution in [2.75, 3.05) is 19.6 Å². The molecule has 1 fully saturated rings. The van der Waals surface area contributed by atoms with Crippen LogP contribution in [0.4, 0.5) is 0 Å². The van der Waals surface area contributed by atoms with Gasteiger partial charge in [0.15, 0.2) is 0 Å². The molecule has 1 aromatic rings. The Morgan fingerprint density at radius 1 is 1.45 bits per heavy atom. The van der Waals surface area contributed by atoms with Crippen LogP contribution in [0, 0.1) is 18.8 Å². The molecule has 0 aliphatic carbocycles. The van der Waals surface area contributed by atoms with Gasteiger partial charge < -0.3 is 5.32 Å². The summed E-state index contributed by atoms with van der Waals surface area (Å²) in [7, 11) is 0. The molecule has 0 aromatic carbocycles. The van der Waals surface area contributed by atoms with Crippen LogP contribution in [0.1, 0.15) is 48.9 Å². The summed E-state index contributed by atoms with van der Waals surface area (Å²) in [6, 6.07) is 2.42. The lowest BCUT2D eigenvalue weighted by atomic mass is 10.1. The van der Waals surface area contributed by atoms with E-state index in [2.05, 4.69) is 44.0 Å². The SMILES string of the molecule is CCC1CCN(Cc2cc(CNCC(C)C)sc2C)C1. The fourth-order valence-corrected chi connectivity index (χ4v) is 3.97. The number of likely N-dealkylation sites (tertiary alicyclic amines) is 1. The molecule has 1 aromatic heterocycles. The molecule has 20 heavy (non-hydrogen) atoms. The Hall–Kier alpha value is -0.380. The molecule has 1 aliphatic rings. The van der Waals surface area contributed by atoms with Gasteiger partial charge in [0, 0.05) is 29.4 Å². The minimum atomic E-state index is 0.728. The molecule has 1 saturated heterocycles. The maximum Gasteiger partial charge on any atom is 0.0300 e. The van der Waals surface area contributed by atoms with Crippen LogP contribution in [0.3, 0.4) is 0 Å². The summed E-state index contributed by atoms with van der Waals surface area (Å²) in [6.45, 7) is 15.0. The smallest absolute Gasteiger partial charge is 0.0300 e. The molecule has 2 rings (SSSR count). The highest BCUT2D eigenvalue weighted by Crippen LogP contribution is 2.26. The predicted molar refractivity (Wildman–Crippen MR) is 89.3 cm³/mol. The van der Waals surface area contributed by atoms with Crippen LogP contribution < -0.4 is 5.32 Å². The van der Waals surface area contributed by atoms with Gasteiger partial charge in [0.2, 0.25) is 0 Å². The first-order chi connectivity index (χ1) is 9.58. The zero-order valence-corrected chi connectivity index (χ0v) is 14.4. The molecule has 0 spiro atoms. The van der Waals surface area contributed by atoms with Gasteiger partial charge in [-0.05, 0) is 49.9 Å². The van der Waals surface area contributed by atoms with Gasteiger partial charge in [-0.2, -0.15) is 0 Å². The quantitative estimate of drug-likeness (QED) is 0.816. The Bertz CT molecular complexity index is 411. The van der Waals surface area contributed by atoms with Gasteiger partial charge in [0.05, 0.1) is 0 Å². The zero-order chi connectivity index (χ0) is 14.5. The van der Waals surface area contributed by atoms with Gasteiger partial charge in [0.1, 0.15) is 0 Å². The third kappa shape index (κ3) is 4.57. The number of hydrogen-bond donors (Lipinski definition) is 1. The first kappa shape index (κ1) is 16.0. The lowest BCUT2D eigenvalue weighted by Gasteiger charge is -2.15. The summed E-state index contributed by atoms with van der Waals surface area (Å²) in [5.74, 6) is 1.66. The second-order valence-corrected chi connectivity index (χ2v) is 7.96. The maximum absolute atomic E-state index is 3.55. The Labute approximate surface area is 128 Å². The lowest BCUT2D eigenvalue weighted by molar-refractivity contribution is 0.315. The van der Waals surface area contributed by atoms with E-state index in [4.69, 9.17) is 0 Å². The third-order valence-electron chi connectivity index (χ3n) is 4.26. The number of nitrogens with one attached hydrogen (secondary N) is 1. The van der Waals surface area contributed by atoms with E-state index in [1.165, 1.54) is 35.7 Å². The Morgan fingerprint density at radius 2 is 2.25 bits per heavy atom. The highest BCUT2D eigenvalue weighted by atomic mass is 32.1. The predicted octanol–water partition coefficient (Wildman–Crippen LogP) is 4.03. The topological polar surface area (TPSA) is 15.3 Å². The van der Waals surface area contributed by atoms with Crippen molar-refractivity contribution < 1.29 is 0 Å². The molecular formula is C17H30N2S. The standard InChI is InChI=1S/C17H30N2S/c1-5-15-6-7-19(11-15)12-16-8-17(20-14(16)4)10-18-9-13(2)3/h8,13,15,18H,5-7,9-12H2,1-4H3. The normalized spacial score (nSPS) is 20.1. The molecular weight excluding hydrogens is 264 g/mol. The summed E-state index contributed by atoms with van der Waals surface area (Å²) in [6.07, 6.45) is 2.73. The minimum Gasteiger partial charge on any atom is -0.312 e. The van der Waals surface area contributed by atoms with Crippen molar-refractivity contribution in [2.45, 2.75) is 53.6 Å². The number of thiophene rings is 1. The van der Waals surface area contributed by atoms with Crippen LogP contribution in [-0.2, 0) is 13.1 Å². The van der Waals surface area contributed by atoms with Crippen molar-refractivity contribution in [1.82, 2.24) is 10.2 Å². The van der Waals surface area contributed by atoms with E-state index in [-0.39, 0.29) is 0 Å². The van der Waals surface area contributed by atoms with Gasteiger partial charge in [0.25, 0.3) is 0 Å². The minimum absolute atomic E-state index is 0.728. The van der Waals surface area contributed by atoms with Crippen molar-refractivity contribution in [3.63, 3.8) is 0 Å². The molecule has 1 unspecified atom stereocenters. The molecule has 1 N–H and O–H groups in total. The van der Waals surface area contributed by atoms with E-state index >= 15 is 0 Å². The van der Waals surface area contributed by atoms with E-state index < -0.39 is 0 Å². The van der Waals surface area contributed by atoms with E-state index in [0.717, 1.165) is 31.5 Å². The average Bonchev–Trinajstić information content (AvgIpc) is 2.97. The van der Waals surface area contributed by atoms with Crippen LogP contribution >= 0.6 is 11.3 Å². The van der Waals surface area contributed by atoms with Crippen LogP contribution in [0.2, 0.25) is 0 Å². The summed E-state index contributed by atoms with van der Waals surface area (Å²) in [4.78, 5) is 5.63. The highest BCUT2D eigenvalue weighted by Gasteiger charge is 2.21. The van der Waals surface area contributed by atoms with Gasteiger partial charge in [-0.1, -0.05) is 27.2 Å². The molecule has 1 atom stereocenters. The van der Waals surface area contributed by atoms with Gasteiger partial charge >= 0.3 is 0 Å². The summed E-state index contributed by atoms with van der Waals surface area (Å²) in [5, 5.41) is 3.55. The molecule has 1 aliphatic heterocycles. The van der Waals surface area contributed by atoms with E-state index in [0.29, 0.717) is 0 Å². The Balaban J connectivity index is 1.84. The number of hydrogen-bond acceptors (Lipinski definition) is 3. The van der Waals surface area contributed by atoms with Crippen molar-refractivity contribution in [3.8, 4) is 0 Å². The Kier molecular flexibility index (Phi) is 6.06. The molecule has 114 valence electrons. The Morgan fingerprint density at radius 3 is 2.90 bits per heavy atom. The summed E-state index contributed by atoms with van der Waals surface area (Å²) >= 11 is 1.97. The maximum atomic E-state index is 3.55. The first-order valence-electron chi connectivity index (χ1n) is 8.09. The van der Waals surface area contributed by atoms with E-state index in [9.17, 15) is 0 Å². The van der Waals surface area contributed by atoms with Gasteiger partial charge in [-0.25, -0.2) is 0 Å². The zero-order valence-electron chi connectivity index (χ0n) is 13.5. The highest BCUT2D eigenvalue weighted by molar-refractivity contribution is 7.12. The molecule has 2 heterocycles. The fraction of sp³-hybridized carbons (Fsp3) is 0.765. The van der Waals surface area contributed by atoms with Crippen molar-refractivity contribution in [1.29, 1.82) is 0 Å². The van der Waals surface area contributed by atoms with Crippen LogP contribution in [0.5, 0.6) is 0 Å². The van der Waals surface area contributed by atoms with E-state index in [1.807, 2.05) is 11.3 Å². The van der Waals surface area contributed by atoms with Crippen LogP contribution in [0.25, 0.3) is 0 Å². The van der Waals surface area contributed by atoms with E-state index in [1.54, 1.807) is 5.56 Å². The molecule has 0 amide bonds. The molecule has 0 radical (unpaired) electrons. The molecule has 2 nitrogen and oxygen atoms in total. The second-order valence-electron chi connectivity index (χ2n) is 6.62. The van der Waals surface area contributed by atoms with Gasteiger partial charge in [-0.15, -0.1) is 11.3 Å². The number of rotatable bonds is 7. The first-order valence-corrected chi connectivity index (χ1v) is 8.91. The van der Waals surface area contributed by atoms with Crippen molar-refractivity contribution in [3.05, 3.63) is 21.4 Å². The van der Waals surface area contributed by atoms with Gasteiger partial charge in [-0.3, -0.25) is 4.90 Å². The van der Waals surface area contributed by atoms with Crippen LogP contribution in [-0.4, -0.2) is 24.5 Å². The van der Waals surface area contributed by atoms with Crippen molar-refractivity contribution >= 4 is 11.3 Å². The summed E-state index contributed by atoms with van der Waals surface area (Å²) in [5.41, 5.74) is 1.55. The largest absolute Gasteiger partial charge is 0.312 e. The van der Waals surface area contributed by atoms with Crippen molar-refractivity contribution in [2.24, 2.45) is 11.8 Å². The third-order valence-corrected chi connectivity index (χ3v) is 5.36. The van der Waals surface area contributed by atoms with Crippen LogP contribution in [0.15, 0.2) is 6.07 Å². The lowest BCUT2D eigenvalue weighted by Crippen LogP contribution is -2.20. The fourth-order valence-electron chi connectivity index (χ4n) is 2.95. The number of aryl methyl sites for hydroxylation is 1.